The molecule has 27 heavy (non-hydrogen) atoms. The Labute approximate surface area is 159 Å². The molecule has 2 aromatic carbocycles. The van der Waals surface area contributed by atoms with Crippen LogP contribution in [0, 0.1) is 12.7 Å². The van der Waals surface area contributed by atoms with E-state index in [1.807, 2.05) is 43.3 Å². The van der Waals surface area contributed by atoms with Gasteiger partial charge in [-0.2, -0.15) is 0 Å². The van der Waals surface area contributed by atoms with Crippen molar-refractivity contribution in [2.45, 2.75) is 13.5 Å². The molecule has 0 aliphatic heterocycles. The molecule has 1 amide bonds. The van der Waals surface area contributed by atoms with E-state index in [1.165, 1.54) is 23.5 Å². The summed E-state index contributed by atoms with van der Waals surface area (Å²) < 4.78 is 14.3. The van der Waals surface area contributed by atoms with Crippen molar-refractivity contribution in [1.82, 2.24) is 9.97 Å². The third kappa shape index (κ3) is 3.71. The quantitative estimate of drug-likeness (QED) is 0.504. The minimum absolute atomic E-state index is 0.163. The lowest BCUT2D eigenvalue weighted by molar-refractivity contribution is 0.0984. The van der Waals surface area contributed by atoms with Crippen molar-refractivity contribution in [3.05, 3.63) is 89.5 Å². The number of aryl methyl sites for hydroxylation is 1. The van der Waals surface area contributed by atoms with E-state index in [4.69, 9.17) is 0 Å². The summed E-state index contributed by atoms with van der Waals surface area (Å²) in [7, 11) is 0. The summed E-state index contributed by atoms with van der Waals surface area (Å²) in [5.41, 5.74) is 3.00. The van der Waals surface area contributed by atoms with Gasteiger partial charge in [0.25, 0.3) is 5.91 Å². The number of pyridine rings is 1. The zero-order chi connectivity index (χ0) is 18.8. The van der Waals surface area contributed by atoms with Crippen molar-refractivity contribution in [3.8, 4) is 0 Å². The van der Waals surface area contributed by atoms with E-state index in [0.29, 0.717) is 20.9 Å². The number of aromatic nitrogens is 2. The molecule has 0 fully saturated rings. The van der Waals surface area contributed by atoms with E-state index in [1.54, 1.807) is 23.2 Å². The van der Waals surface area contributed by atoms with Crippen molar-refractivity contribution in [1.29, 1.82) is 0 Å². The first kappa shape index (κ1) is 17.3. The standard InChI is InChI=1S/C21H16FN3OS/c1-14-5-4-6-15(11-14)20(26)25(13-17-7-2-3-10-23-17)21-24-18-9-8-16(22)12-19(18)27-21/h2-12H,13H2,1H3. The molecule has 4 nitrogen and oxygen atoms in total. The fraction of sp³-hybridized carbons (Fsp3) is 0.0952. The van der Waals surface area contributed by atoms with Crippen LogP contribution < -0.4 is 4.90 Å². The van der Waals surface area contributed by atoms with Gasteiger partial charge in [0.15, 0.2) is 5.13 Å². The minimum atomic E-state index is -0.320. The summed E-state index contributed by atoms with van der Waals surface area (Å²) in [6, 6.07) is 17.4. The molecule has 134 valence electrons. The van der Waals surface area contributed by atoms with Crippen molar-refractivity contribution in [3.63, 3.8) is 0 Å². The Morgan fingerprint density at radius 1 is 1.11 bits per heavy atom. The molecular formula is C21H16FN3OS. The first-order chi connectivity index (χ1) is 13.1. The number of nitrogens with zero attached hydrogens (tertiary/aromatic N) is 3. The summed E-state index contributed by atoms with van der Waals surface area (Å²) >= 11 is 1.29. The lowest BCUT2D eigenvalue weighted by atomic mass is 10.1. The maximum absolute atomic E-state index is 13.6. The third-order valence-electron chi connectivity index (χ3n) is 4.13. The lowest BCUT2D eigenvalue weighted by Crippen LogP contribution is -2.30. The first-order valence-corrected chi connectivity index (χ1v) is 9.26. The number of carbonyl (C=O) groups is 1. The first-order valence-electron chi connectivity index (χ1n) is 8.45. The average Bonchev–Trinajstić information content (AvgIpc) is 3.09. The number of halogens is 1. The van der Waals surface area contributed by atoms with Crippen LogP contribution in [0.1, 0.15) is 21.6 Å². The molecule has 0 atom stereocenters. The molecule has 4 rings (SSSR count). The van der Waals surface area contributed by atoms with Crippen LogP contribution in [0.3, 0.4) is 0 Å². The van der Waals surface area contributed by atoms with E-state index in [0.717, 1.165) is 11.3 Å². The van der Waals surface area contributed by atoms with Crippen molar-refractivity contribution >= 4 is 32.6 Å². The number of hydrogen-bond donors (Lipinski definition) is 0. The number of hydrogen-bond acceptors (Lipinski definition) is 4. The summed E-state index contributed by atoms with van der Waals surface area (Å²) in [5, 5.41) is 0.521. The lowest BCUT2D eigenvalue weighted by Gasteiger charge is -2.19. The molecule has 2 heterocycles. The van der Waals surface area contributed by atoms with E-state index in [9.17, 15) is 9.18 Å². The fourth-order valence-electron chi connectivity index (χ4n) is 2.82. The zero-order valence-corrected chi connectivity index (χ0v) is 15.4. The molecule has 0 unspecified atom stereocenters. The van der Waals surface area contributed by atoms with Crippen LogP contribution in [-0.4, -0.2) is 15.9 Å². The SMILES string of the molecule is Cc1cccc(C(=O)N(Cc2ccccn2)c2nc3ccc(F)cc3s2)c1. The molecule has 0 radical (unpaired) electrons. The van der Waals surface area contributed by atoms with Crippen molar-refractivity contribution in [2.75, 3.05) is 4.90 Å². The second-order valence-electron chi connectivity index (χ2n) is 6.19. The van der Waals surface area contributed by atoms with E-state index in [2.05, 4.69) is 9.97 Å². The number of carbonyl (C=O) groups excluding carboxylic acids is 1. The molecule has 2 aromatic heterocycles. The monoisotopic (exact) mass is 377 g/mol. The van der Waals surface area contributed by atoms with Gasteiger partial charge in [-0.25, -0.2) is 9.37 Å². The topological polar surface area (TPSA) is 46.1 Å². The van der Waals surface area contributed by atoms with Gasteiger partial charge in [0.05, 0.1) is 22.5 Å². The number of rotatable bonds is 4. The Hall–Kier alpha value is -3.12. The van der Waals surface area contributed by atoms with Crippen molar-refractivity contribution in [2.24, 2.45) is 0 Å². The largest absolute Gasteiger partial charge is 0.278 e. The molecule has 0 spiro atoms. The normalized spacial score (nSPS) is 10.9. The van der Waals surface area contributed by atoms with Gasteiger partial charge in [0.1, 0.15) is 5.82 Å². The summed E-state index contributed by atoms with van der Waals surface area (Å²) in [4.78, 5) is 23.7. The highest BCUT2D eigenvalue weighted by molar-refractivity contribution is 7.22. The van der Waals surface area contributed by atoms with Crippen LogP contribution >= 0.6 is 11.3 Å². The van der Waals surface area contributed by atoms with Gasteiger partial charge in [-0.15, -0.1) is 0 Å². The van der Waals surface area contributed by atoms with E-state index >= 15 is 0 Å². The van der Waals surface area contributed by atoms with Gasteiger partial charge >= 0.3 is 0 Å². The van der Waals surface area contributed by atoms with Gasteiger partial charge in [-0.05, 0) is 49.4 Å². The molecule has 0 saturated carbocycles. The van der Waals surface area contributed by atoms with E-state index in [-0.39, 0.29) is 18.3 Å². The maximum atomic E-state index is 13.6. The van der Waals surface area contributed by atoms with Gasteiger partial charge in [0.2, 0.25) is 0 Å². The second-order valence-corrected chi connectivity index (χ2v) is 7.20. The number of fused-ring (bicyclic) bond motifs is 1. The number of amides is 1. The maximum Gasteiger partial charge on any atom is 0.260 e. The molecule has 0 bridgehead atoms. The highest BCUT2D eigenvalue weighted by atomic mass is 32.1. The van der Waals surface area contributed by atoms with E-state index < -0.39 is 0 Å². The Bertz CT molecular complexity index is 1110. The van der Waals surface area contributed by atoms with Crippen LogP contribution in [0.2, 0.25) is 0 Å². The van der Waals surface area contributed by atoms with Crippen LogP contribution in [0.15, 0.2) is 66.9 Å². The number of benzene rings is 2. The fourth-order valence-corrected chi connectivity index (χ4v) is 3.80. The molecule has 0 aliphatic rings. The number of anilines is 1. The predicted molar refractivity (Wildman–Crippen MR) is 106 cm³/mol. The average molecular weight is 377 g/mol. The smallest absolute Gasteiger partial charge is 0.260 e. The third-order valence-corrected chi connectivity index (χ3v) is 5.17. The van der Waals surface area contributed by atoms with Crippen LogP contribution in [0.25, 0.3) is 10.2 Å². The molecule has 6 heteroatoms. The summed E-state index contributed by atoms with van der Waals surface area (Å²) in [5.74, 6) is -0.483. The van der Waals surface area contributed by atoms with Crippen LogP contribution in [-0.2, 0) is 6.54 Å². The number of thiazole rings is 1. The Morgan fingerprint density at radius 3 is 2.78 bits per heavy atom. The Kier molecular flexibility index (Phi) is 4.64. The summed E-state index contributed by atoms with van der Waals surface area (Å²) in [6.45, 7) is 2.23. The molecular weight excluding hydrogens is 361 g/mol. The second kappa shape index (κ2) is 7.25. The van der Waals surface area contributed by atoms with Gasteiger partial charge < -0.3 is 0 Å². The van der Waals surface area contributed by atoms with Gasteiger partial charge in [-0.3, -0.25) is 14.7 Å². The van der Waals surface area contributed by atoms with Gasteiger partial charge in [0, 0.05) is 11.8 Å². The van der Waals surface area contributed by atoms with Crippen molar-refractivity contribution < 1.29 is 9.18 Å². The minimum Gasteiger partial charge on any atom is -0.278 e. The molecule has 0 N–H and O–H groups in total. The zero-order valence-electron chi connectivity index (χ0n) is 14.6. The molecule has 0 aliphatic carbocycles. The molecule has 0 saturated heterocycles. The highest BCUT2D eigenvalue weighted by Crippen LogP contribution is 2.31. The Balaban J connectivity index is 1.77. The predicted octanol–water partition coefficient (Wildman–Crippen LogP) is 4.99. The van der Waals surface area contributed by atoms with Gasteiger partial charge in [-0.1, -0.05) is 35.1 Å². The van der Waals surface area contributed by atoms with Crippen LogP contribution in [0.5, 0.6) is 0 Å². The summed E-state index contributed by atoms with van der Waals surface area (Å²) in [6.07, 6.45) is 1.69. The highest BCUT2D eigenvalue weighted by Gasteiger charge is 2.22. The Morgan fingerprint density at radius 2 is 2.00 bits per heavy atom. The van der Waals surface area contributed by atoms with Crippen LogP contribution in [0.4, 0.5) is 9.52 Å². The molecule has 4 aromatic rings.